The minimum atomic E-state index is -1.22. The van der Waals surface area contributed by atoms with Crippen LogP contribution in [0.2, 0.25) is 0 Å². The summed E-state index contributed by atoms with van der Waals surface area (Å²) in [5.74, 6) is -0.173. The Morgan fingerprint density at radius 3 is 2.86 bits per heavy atom. The van der Waals surface area contributed by atoms with Gasteiger partial charge < -0.3 is 10.5 Å². The standard InChI is InChI=1S/C9H12FNO2S/c1-13-4-5-14(12)7-2-3-9(11)8(10)6-7/h2-3,6H,4-5,11H2,1H3. The fourth-order valence-electron chi connectivity index (χ4n) is 0.926. The van der Waals surface area contributed by atoms with Gasteiger partial charge in [-0.15, -0.1) is 0 Å². The number of hydrogen-bond acceptors (Lipinski definition) is 3. The van der Waals surface area contributed by atoms with Gasteiger partial charge in [0.15, 0.2) is 0 Å². The van der Waals surface area contributed by atoms with Crippen molar-refractivity contribution in [1.29, 1.82) is 0 Å². The maximum atomic E-state index is 13.0. The van der Waals surface area contributed by atoms with Gasteiger partial charge in [0, 0.05) is 12.0 Å². The summed E-state index contributed by atoms with van der Waals surface area (Å²) >= 11 is 0. The summed E-state index contributed by atoms with van der Waals surface area (Å²) in [6.45, 7) is 0.388. The van der Waals surface area contributed by atoms with Gasteiger partial charge in [-0.05, 0) is 18.2 Å². The number of benzene rings is 1. The van der Waals surface area contributed by atoms with Crippen LogP contribution in [-0.4, -0.2) is 23.7 Å². The van der Waals surface area contributed by atoms with E-state index in [-0.39, 0.29) is 5.69 Å². The highest BCUT2D eigenvalue weighted by molar-refractivity contribution is 7.85. The van der Waals surface area contributed by atoms with E-state index in [0.717, 1.165) is 0 Å². The SMILES string of the molecule is COCCS(=O)c1ccc(N)c(F)c1. The molecular formula is C9H12FNO2S. The third kappa shape index (κ3) is 2.78. The van der Waals surface area contributed by atoms with E-state index >= 15 is 0 Å². The fourth-order valence-corrected chi connectivity index (χ4v) is 1.93. The van der Waals surface area contributed by atoms with Crippen molar-refractivity contribution in [3.05, 3.63) is 24.0 Å². The summed E-state index contributed by atoms with van der Waals surface area (Å²) in [5.41, 5.74) is 5.36. The molecule has 0 fully saturated rings. The highest BCUT2D eigenvalue weighted by Crippen LogP contribution is 2.14. The molecule has 0 saturated carbocycles. The summed E-state index contributed by atoms with van der Waals surface area (Å²) in [7, 11) is 0.306. The lowest BCUT2D eigenvalue weighted by Gasteiger charge is -2.02. The third-order valence-corrected chi connectivity index (χ3v) is 3.02. The first-order valence-electron chi connectivity index (χ1n) is 4.07. The Bertz CT molecular complexity index is 344. The molecule has 0 amide bonds. The van der Waals surface area contributed by atoms with Crippen molar-refractivity contribution >= 4 is 16.5 Å². The van der Waals surface area contributed by atoms with Crippen LogP contribution in [0.25, 0.3) is 0 Å². The summed E-state index contributed by atoms with van der Waals surface area (Å²) in [4.78, 5) is 0.439. The molecule has 1 aromatic rings. The first kappa shape index (κ1) is 11.1. The van der Waals surface area contributed by atoms with Gasteiger partial charge in [0.25, 0.3) is 0 Å². The first-order valence-corrected chi connectivity index (χ1v) is 5.39. The molecular weight excluding hydrogens is 205 g/mol. The Balaban J connectivity index is 2.76. The van der Waals surface area contributed by atoms with Crippen molar-refractivity contribution in [2.75, 3.05) is 25.2 Å². The lowest BCUT2D eigenvalue weighted by Crippen LogP contribution is -2.05. The summed E-state index contributed by atoms with van der Waals surface area (Å²) < 4.78 is 29.2. The number of nitrogen functional groups attached to an aromatic ring is 1. The molecule has 1 aromatic carbocycles. The van der Waals surface area contributed by atoms with Gasteiger partial charge in [-0.25, -0.2) is 4.39 Å². The molecule has 1 unspecified atom stereocenters. The van der Waals surface area contributed by atoms with E-state index in [1.807, 2.05) is 0 Å². The number of halogens is 1. The highest BCUT2D eigenvalue weighted by Gasteiger charge is 2.06. The predicted octanol–water partition coefficient (Wildman–Crippen LogP) is 1.16. The normalized spacial score (nSPS) is 12.7. The van der Waals surface area contributed by atoms with Crippen molar-refractivity contribution in [3.63, 3.8) is 0 Å². The molecule has 0 aromatic heterocycles. The van der Waals surface area contributed by atoms with Crippen molar-refractivity contribution in [3.8, 4) is 0 Å². The molecule has 14 heavy (non-hydrogen) atoms. The molecule has 5 heteroatoms. The van der Waals surface area contributed by atoms with Crippen molar-refractivity contribution in [1.82, 2.24) is 0 Å². The van der Waals surface area contributed by atoms with Crippen LogP contribution in [0, 0.1) is 5.82 Å². The molecule has 0 aliphatic carbocycles. The molecule has 1 atom stereocenters. The molecule has 2 N–H and O–H groups in total. The van der Waals surface area contributed by atoms with Crippen LogP contribution in [0.3, 0.4) is 0 Å². The maximum absolute atomic E-state index is 13.0. The third-order valence-electron chi connectivity index (χ3n) is 1.71. The molecule has 0 radical (unpaired) electrons. The number of nitrogens with two attached hydrogens (primary N) is 1. The number of anilines is 1. The van der Waals surface area contributed by atoms with E-state index in [1.165, 1.54) is 19.2 Å². The minimum absolute atomic E-state index is 0.0671. The van der Waals surface area contributed by atoms with Crippen LogP contribution in [-0.2, 0) is 15.5 Å². The van der Waals surface area contributed by atoms with Crippen LogP contribution in [0.1, 0.15) is 0 Å². The van der Waals surface area contributed by atoms with Gasteiger partial charge in [-0.1, -0.05) is 0 Å². The van der Waals surface area contributed by atoms with Gasteiger partial charge in [0.2, 0.25) is 0 Å². The minimum Gasteiger partial charge on any atom is -0.396 e. The highest BCUT2D eigenvalue weighted by atomic mass is 32.2. The molecule has 3 nitrogen and oxygen atoms in total. The summed E-state index contributed by atoms with van der Waals surface area (Å²) in [6, 6.07) is 4.17. The zero-order valence-electron chi connectivity index (χ0n) is 7.83. The van der Waals surface area contributed by atoms with Gasteiger partial charge in [0.05, 0.1) is 28.8 Å². The molecule has 0 spiro atoms. The van der Waals surface area contributed by atoms with E-state index in [1.54, 1.807) is 6.07 Å². The Morgan fingerprint density at radius 1 is 1.57 bits per heavy atom. The average molecular weight is 217 g/mol. The van der Waals surface area contributed by atoms with Crippen LogP contribution in [0.5, 0.6) is 0 Å². The van der Waals surface area contributed by atoms with Crippen LogP contribution < -0.4 is 5.73 Å². The Morgan fingerprint density at radius 2 is 2.29 bits per heavy atom. The van der Waals surface area contributed by atoms with E-state index in [4.69, 9.17) is 10.5 Å². The average Bonchev–Trinajstić information content (AvgIpc) is 2.18. The van der Waals surface area contributed by atoms with E-state index in [9.17, 15) is 8.60 Å². The maximum Gasteiger partial charge on any atom is 0.147 e. The Labute approximate surface area is 84.5 Å². The molecule has 0 aliphatic rings. The zero-order valence-corrected chi connectivity index (χ0v) is 8.64. The molecule has 0 saturated heterocycles. The predicted molar refractivity (Wildman–Crippen MR) is 54.0 cm³/mol. The first-order chi connectivity index (χ1) is 6.65. The van der Waals surface area contributed by atoms with E-state index in [2.05, 4.69) is 0 Å². The zero-order chi connectivity index (χ0) is 10.6. The summed E-state index contributed by atoms with van der Waals surface area (Å²) in [6.07, 6.45) is 0. The molecule has 1 rings (SSSR count). The van der Waals surface area contributed by atoms with E-state index < -0.39 is 16.6 Å². The smallest absolute Gasteiger partial charge is 0.147 e. The monoisotopic (exact) mass is 217 g/mol. The van der Waals surface area contributed by atoms with Crippen molar-refractivity contribution in [2.24, 2.45) is 0 Å². The van der Waals surface area contributed by atoms with E-state index in [0.29, 0.717) is 17.3 Å². The van der Waals surface area contributed by atoms with Gasteiger partial charge in [-0.3, -0.25) is 4.21 Å². The summed E-state index contributed by atoms with van der Waals surface area (Å²) in [5, 5.41) is 0. The van der Waals surface area contributed by atoms with Crippen LogP contribution >= 0.6 is 0 Å². The topological polar surface area (TPSA) is 52.3 Å². The molecule has 0 bridgehead atoms. The van der Waals surface area contributed by atoms with Crippen molar-refractivity contribution in [2.45, 2.75) is 4.90 Å². The van der Waals surface area contributed by atoms with Crippen molar-refractivity contribution < 1.29 is 13.3 Å². The molecule has 78 valence electrons. The quantitative estimate of drug-likeness (QED) is 0.770. The van der Waals surface area contributed by atoms with Gasteiger partial charge >= 0.3 is 0 Å². The number of rotatable bonds is 4. The number of hydrogen-bond donors (Lipinski definition) is 1. The van der Waals surface area contributed by atoms with Crippen LogP contribution in [0.4, 0.5) is 10.1 Å². The molecule has 0 aliphatic heterocycles. The second-order valence-electron chi connectivity index (χ2n) is 2.73. The lowest BCUT2D eigenvalue weighted by atomic mass is 10.3. The largest absolute Gasteiger partial charge is 0.396 e. The van der Waals surface area contributed by atoms with Gasteiger partial charge in [-0.2, -0.15) is 0 Å². The lowest BCUT2D eigenvalue weighted by molar-refractivity contribution is 0.218. The Hall–Kier alpha value is -0.940. The molecule has 0 heterocycles. The number of methoxy groups -OCH3 is 1. The fraction of sp³-hybridized carbons (Fsp3) is 0.333. The Kier molecular flexibility index (Phi) is 4.03. The van der Waals surface area contributed by atoms with Gasteiger partial charge in [0.1, 0.15) is 5.82 Å². The number of ether oxygens (including phenoxy) is 1. The second kappa shape index (κ2) is 5.07. The second-order valence-corrected chi connectivity index (χ2v) is 4.30. The van der Waals surface area contributed by atoms with Crippen LogP contribution in [0.15, 0.2) is 23.1 Å².